The zero-order chi connectivity index (χ0) is 20.6. The first-order valence-corrected chi connectivity index (χ1v) is 8.74. The lowest BCUT2D eigenvalue weighted by molar-refractivity contribution is 0.0690. The van der Waals surface area contributed by atoms with Gasteiger partial charge in [-0.05, 0) is 62.8 Å². The van der Waals surface area contributed by atoms with Gasteiger partial charge in [0.1, 0.15) is 16.7 Å². The number of rotatable bonds is 5. The second-order valence-corrected chi connectivity index (χ2v) is 6.66. The molecule has 0 aliphatic carbocycles. The van der Waals surface area contributed by atoms with E-state index in [0.29, 0.717) is 33.8 Å². The second-order valence-electron chi connectivity index (χ2n) is 6.31. The molecule has 0 aliphatic heterocycles. The molecule has 3 rings (SSSR count). The molecule has 3 aromatic rings. The Morgan fingerprint density at radius 3 is 2.43 bits per heavy atom. The highest BCUT2D eigenvalue weighted by atomic mass is 35.5. The van der Waals surface area contributed by atoms with E-state index in [1.165, 1.54) is 22.9 Å². The number of carboxylic acids is 1. The predicted molar refractivity (Wildman–Crippen MR) is 104 cm³/mol. The third kappa shape index (κ3) is 3.48. The molecule has 0 atom stereocenters. The highest BCUT2D eigenvalue weighted by Gasteiger charge is 2.20. The number of hydrogen-bond donors (Lipinski definition) is 2. The molecule has 0 fully saturated rings. The fourth-order valence-electron chi connectivity index (χ4n) is 3.03. The van der Waals surface area contributed by atoms with E-state index in [-0.39, 0.29) is 22.4 Å². The van der Waals surface area contributed by atoms with Gasteiger partial charge in [-0.3, -0.25) is 4.79 Å². The summed E-state index contributed by atoms with van der Waals surface area (Å²) < 4.78 is 14.6. The zero-order valence-corrected chi connectivity index (χ0v) is 16.1. The number of hydrogen-bond acceptors (Lipinski definition) is 3. The fourth-order valence-corrected chi connectivity index (χ4v) is 3.36. The minimum Gasteiger partial charge on any atom is -0.477 e. The summed E-state index contributed by atoms with van der Waals surface area (Å²) >= 11 is 6.40. The summed E-state index contributed by atoms with van der Waals surface area (Å²) in [6.45, 7) is 4.97. The van der Waals surface area contributed by atoms with Crippen LogP contribution in [-0.4, -0.2) is 31.6 Å². The summed E-state index contributed by atoms with van der Waals surface area (Å²) in [4.78, 5) is 26.6. The summed E-state index contributed by atoms with van der Waals surface area (Å²) in [7, 11) is 0. The molecule has 0 spiro atoms. The fraction of sp³-hybridized carbons (Fsp3) is 0.150. The normalized spacial score (nSPS) is 11.3. The van der Waals surface area contributed by atoms with Crippen LogP contribution in [0.1, 0.15) is 43.4 Å². The van der Waals surface area contributed by atoms with Crippen molar-refractivity contribution in [3.05, 3.63) is 75.1 Å². The van der Waals surface area contributed by atoms with Crippen molar-refractivity contribution in [1.29, 1.82) is 0 Å². The standard InChI is InChI=1S/C20H17ClFN3O3/c1-10-17(12(3)23-18(10)20(27)28)16(26)9-8-15-11(2)24-25(19(15)21)14-6-4-13(22)5-7-14/h4-9,23H,1-3H3,(H,27,28)/b9-8+. The van der Waals surface area contributed by atoms with E-state index >= 15 is 0 Å². The Morgan fingerprint density at radius 1 is 1.21 bits per heavy atom. The summed E-state index contributed by atoms with van der Waals surface area (Å²) in [6, 6.07) is 5.71. The maximum atomic E-state index is 13.1. The zero-order valence-electron chi connectivity index (χ0n) is 15.4. The van der Waals surface area contributed by atoms with Gasteiger partial charge < -0.3 is 10.1 Å². The maximum Gasteiger partial charge on any atom is 0.352 e. The van der Waals surface area contributed by atoms with Crippen LogP contribution in [0.15, 0.2) is 30.3 Å². The molecule has 2 aromatic heterocycles. The topological polar surface area (TPSA) is 88.0 Å². The van der Waals surface area contributed by atoms with E-state index in [4.69, 9.17) is 11.6 Å². The second kappa shape index (κ2) is 7.44. The monoisotopic (exact) mass is 401 g/mol. The van der Waals surface area contributed by atoms with Crippen LogP contribution in [0, 0.1) is 26.6 Å². The summed E-state index contributed by atoms with van der Waals surface area (Å²) in [5, 5.41) is 13.8. The first-order chi connectivity index (χ1) is 13.2. The molecule has 0 radical (unpaired) electrons. The number of carboxylic acid groups (broad SMARTS) is 1. The molecule has 8 heteroatoms. The molecule has 0 bridgehead atoms. The Balaban J connectivity index is 1.94. The van der Waals surface area contributed by atoms with Gasteiger partial charge >= 0.3 is 5.97 Å². The lowest BCUT2D eigenvalue weighted by Crippen LogP contribution is -2.01. The number of H-pyrrole nitrogens is 1. The largest absolute Gasteiger partial charge is 0.477 e. The Hall–Kier alpha value is -3.19. The van der Waals surface area contributed by atoms with E-state index in [1.807, 2.05) is 0 Å². The molecule has 2 heterocycles. The van der Waals surface area contributed by atoms with Gasteiger partial charge in [0, 0.05) is 16.8 Å². The first kappa shape index (κ1) is 19.6. The molecule has 28 heavy (non-hydrogen) atoms. The molecular formula is C20H17ClFN3O3. The predicted octanol–water partition coefficient (Wildman–Crippen LogP) is 4.51. The SMILES string of the molecule is Cc1nn(-c2ccc(F)cc2)c(Cl)c1/C=C/C(=O)c1c(C)[nH]c(C(=O)O)c1C. The Bertz CT molecular complexity index is 1110. The number of aromatic nitrogens is 3. The highest BCUT2D eigenvalue weighted by molar-refractivity contribution is 6.31. The van der Waals surface area contributed by atoms with Crippen molar-refractivity contribution in [3.63, 3.8) is 0 Å². The van der Waals surface area contributed by atoms with Gasteiger partial charge in [-0.15, -0.1) is 0 Å². The Kier molecular flexibility index (Phi) is 5.20. The van der Waals surface area contributed by atoms with Crippen LogP contribution in [0.3, 0.4) is 0 Å². The number of aromatic carboxylic acids is 1. The molecule has 1 aromatic carbocycles. The number of halogens is 2. The summed E-state index contributed by atoms with van der Waals surface area (Å²) in [6.07, 6.45) is 2.87. The number of aryl methyl sites for hydroxylation is 2. The lowest BCUT2D eigenvalue weighted by Gasteiger charge is -2.02. The van der Waals surface area contributed by atoms with Crippen LogP contribution in [0.25, 0.3) is 11.8 Å². The number of carbonyl (C=O) groups excluding carboxylic acids is 1. The average molecular weight is 402 g/mol. The quantitative estimate of drug-likeness (QED) is 0.486. The van der Waals surface area contributed by atoms with Crippen LogP contribution >= 0.6 is 11.6 Å². The van der Waals surface area contributed by atoms with Crippen molar-refractivity contribution in [3.8, 4) is 5.69 Å². The first-order valence-electron chi connectivity index (χ1n) is 8.36. The van der Waals surface area contributed by atoms with Crippen molar-refractivity contribution in [1.82, 2.24) is 14.8 Å². The molecule has 0 saturated heterocycles. The third-order valence-electron chi connectivity index (χ3n) is 4.42. The number of benzene rings is 1. The van der Waals surface area contributed by atoms with Gasteiger partial charge in [-0.25, -0.2) is 13.9 Å². The van der Waals surface area contributed by atoms with Crippen molar-refractivity contribution < 1.29 is 19.1 Å². The lowest BCUT2D eigenvalue weighted by atomic mass is 10.0. The van der Waals surface area contributed by atoms with Gasteiger partial charge in [0.05, 0.1) is 11.4 Å². The van der Waals surface area contributed by atoms with Crippen LogP contribution in [-0.2, 0) is 0 Å². The molecular weight excluding hydrogens is 385 g/mol. The minimum atomic E-state index is -1.12. The van der Waals surface area contributed by atoms with E-state index in [0.717, 1.165) is 0 Å². The smallest absolute Gasteiger partial charge is 0.352 e. The summed E-state index contributed by atoms with van der Waals surface area (Å²) in [5.41, 5.74) is 2.89. The van der Waals surface area contributed by atoms with E-state index < -0.39 is 5.97 Å². The van der Waals surface area contributed by atoms with Gasteiger partial charge in [-0.1, -0.05) is 11.6 Å². The van der Waals surface area contributed by atoms with E-state index in [2.05, 4.69) is 10.1 Å². The number of allylic oxidation sites excluding steroid dienone is 1. The molecule has 0 unspecified atom stereocenters. The Morgan fingerprint density at radius 2 is 1.86 bits per heavy atom. The number of aromatic amines is 1. The van der Waals surface area contributed by atoms with Crippen molar-refractivity contribution in [2.75, 3.05) is 0 Å². The minimum absolute atomic E-state index is 0.00686. The number of carbonyl (C=O) groups is 2. The number of nitrogens with zero attached hydrogens (tertiary/aromatic N) is 2. The summed E-state index contributed by atoms with van der Waals surface area (Å²) in [5.74, 6) is -1.83. The molecule has 6 nitrogen and oxygen atoms in total. The molecule has 144 valence electrons. The van der Waals surface area contributed by atoms with Crippen LogP contribution in [0.2, 0.25) is 5.15 Å². The van der Waals surface area contributed by atoms with E-state index in [1.54, 1.807) is 39.0 Å². The van der Waals surface area contributed by atoms with Crippen LogP contribution in [0.4, 0.5) is 4.39 Å². The number of ketones is 1. The van der Waals surface area contributed by atoms with Gasteiger partial charge in [0.15, 0.2) is 5.78 Å². The Labute approximate surface area is 165 Å². The molecule has 0 aliphatic rings. The van der Waals surface area contributed by atoms with Gasteiger partial charge in [0.25, 0.3) is 0 Å². The van der Waals surface area contributed by atoms with Gasteiger partial charge in [-0.2, -0.15) is 5.10 Å². The molecule has 2 N–H and O–H groups in total. The molecule has 0 saturated carbocycles. The van der Waals surface area contributed by atoms with Crippen molar-refractivity contribution in [2.24, 2.45) is 0 Å². The van der Waals surface area contributed by atoms with Crippen LogP contribution < -0.4 is 0 Å². The van der Waals surface area contributed by atoms with Crippen molar-refractivity contribution >= 4 is 29.4 Å². The molecule has 0 amide bonds. The number of nitrogens with one attached hydrogen (secondary N) is 1. The third-order valence-corrected chi connectivity index (χ3v) is 4.78. The van der Waals surface area contributed by atoms with Crippen molar-refractivity contribution in [2.45, 2.75) is 20.8 Å². The van der Waals surface area contributed by atoms with Gasteiger partial charge in [0.2, 0.25) is 0 Å². The van der Waals surface area contributed by atoms with Crippen LogP contribution in [0.5, 0.6) is 0 Å². The highest BCUT2D eigenvalue weighted by Crippen LogP contribution is 2.26. The maximum absolute atomic E-state index is 13.1. The van der Waals surface area contributed by atoms with E-state index in [9.17, 15) is 19.1 Å². The average Bonchev–Trinajstić information content (AvgIpc) is 3.09.